The summed E-state index contributed by atoms with van der Waals surface area (Å²) in [4.78, 5) is 25.4. The largest absolute Gasteiger partial charge is 0.480 e. The van der Waals surface area contributed by atoms with Crippen LogP contribution in [-0.2, 0) is 16.0 Å². The number of nitrogens with zero attached hydrogens (tertiary/aromatic N) is 1. The zero-order valence-corrected chi connectivity index (χ0v) is 13.6. The van der Waals surface area contributed by atoms with Crippen molar-refractivity contribution >= 4 is 11.8 Å². The number of piperidine rings is 1. The van der Waals surface area contributed by atoms with Gasteiger partial charge >= 0.3 is 5.97 Å². The van der Waals surface area contributed by atoms with Crippen LogP contribution in [0.3, 0.4) is 0 Å². The number of aryl methyl sites for hydroxylation is 2. The second kappa shape index (κ2) is 8.22. The number of carbonyl (C=O) groups is 2. The number of carboxylic acids is 1. The molecule has 1 aliphatic rings. The highest BCUT2D eigenvalue weighted by Crippen LogP contribution is 2.24. The van der Waals surface area contributed by atoms with E-state index < -0.39 is 5.97 Å². The predicted octanol–water partition coefficient (Wildman–Crippen LogP) is 1.65. The molecule has 1 aliphatic heterocycles. The average Bonchev–Trinajstić information content (AvgIpc) is 2.53. The van der Waals surface area contributed by atoms with Gasteiger partial charge in [0.2, 0.25) is 0 Å². The van der Waals surface area contributed by atoms with Gasteiger partial charge in [0.05, 0.1) is 12.6 Å². The average molecular weight is 319 g/mol. The molecule has 0 spiro atoms. The maximum atomic E-state index is 12.6. The maximum absolute atomic E-state index is 12.6. The number of aliphatic hydroxyl groups excluding tert-OH is 1. The summed E-state index contributed by atoms with van der Waals surface area (Å²) < 4.78 is 0. The molecule has 0 aromatic heterocycles. The summed E-state index contributed by atoms with van der Waals surface area (Å²) in [6, 6.07) is 7.60. The summed E-state index contributed by atoms with van der Waals surface area (Å²) in [6.07, 6.45) is 2.37. The second-order valence-electron chi connectivity index (χ2n) is 6.35. The number of aliphatic hydroxyl groups is 1. The highest BCUT2D eigenvalue weighted by molar-refractivity contribution is 5.85. The number of ketones is 1. The molecule has 2 unspecified atom stereocenters. The van der Waals surface area contributed by atoms with Crippen molar-refractivity contribution in [2.24, 2.45) is 5.92 Å². The van der Waals surface area contributed by atoms with Gasteiger partial charge in [0.15, 0.2) is 0 Å². The molecule has 1 saturated heterocycles. The lowest BCUT2D eigenvalue weighted by Crippen LogP contribution is -2.49. The first-order valence-corrected chi connectivity index (χ1v) is 8.15. The fourth-order valence-electron chi connectivity index (χ4n) is 3.27. The van der Waals surface area contributed by atoms with E-state index >= 15 is 0 Å². The summed E-state index contributed by atoms with van der Waals surface area (Å²) >= 11 is 0. The molecule has 2 N–H and O–H groups in total. The van der Waals surface area contributed by atoms with E-state index in [2.05, 4.69) is 0 Å². The van der Waals surface area contributed by atoms with Crippen LogP contribution in [0.15, 0.2) is 24.3 Å². The van der Waals surface area contributed by atoms with Gasteiger partial charge in [-0.15, -0.1) is 0 Å². The van der Waals surface area contributed by atoms with Crippen molar-refractivity contribution in [3.8, 4) is 0 Å². The summed E-state index contributed by atoms with van der Waals surface area (Å²) in [6.45, 7) is 2.53. The Hall–Kier alpha value is -1.72. The topological polar surface area (TPSA) is 77.8 Å². The Morgan fingerprint density at radius 1 is 1.30 bits per heavy atom. The molecule has 0 amide bonds. The van der Waals surface area contributed by atoms with Crippen molar-refractivity contribution in [1.82, 2.24) is 4.90 Å². The highest BCUT2D eigenvalue weighted by atomic mass is 16.4. The lowest BCUT2D eigenvalue weighted by molar-refractivity contribution is -0.141. The quantitative estimate of drug-likeness (QED) is 0.799. The van der Waals surface area contributed by atoms with Crippen LogP contribution in [0, 0.1) is 12.8 Å². The van der Waals surface area contributed by atoms with Crippen LogP contribution in [0.25, 0.3) is 0 Å². The molecule has 5 heteroatoms. The SMILES string of the molecule is Cc1ccccc1CCC(=O)C1CC(CO)CCN1CC(=O)O. The Labute approximate surface area is 136 Å². The van der Waals surface area contributed by atoms with Crippen molar-refractivity contribution in [3.05, 3.63) is 35.4 Å². The van der Waals surface area contributed by atoms with E-state index in [4.69, 9.17) is 5.11 Å². The molecule has 23 heavy (non-hydrogen) atoms. The molecule has 2 atom stereocenters. The summed E-state index contributed by atoms with van der Waals surface area (Å²) in [7, 11) is 0. The van der Waals surface area contributed by atoms with Crippen LogP contribution >= 0.6 is 0 Å². The van der Waals surface area contributed by atoms with E-state index in [0.29, 0.717) is 25.8 Å². The lowest BCUT2D eigenvalue weighted by atomic mass is 9.87. The summed E-state index contributed by atoms with van der Waals surface area (Å²) in [5.41, 5.74) is 2.32. The van der Waals surface area contributed by atoms with E-state index in [1.807, 2.05) is 31.2 Å². The third-order valence-corrected chi connectivity index (χ3v) is 4.69. The van der Waals surface area contributed by atoms with E-state index in [0.717, 1.165) is 12.0 Å². The number of aliphatic carboxylic acids is 1. The van der Waals surface area contributed by atoms with Crippen molar-refractivity contribution in [2.75, 3.05) is 19.7 Å². The zero-order valence-electron chi connectivity index (χ0n) is 13.6. The van der Waals surface area contributed by atoms with Crippen LogP contribution in [0.5, 0.6) is 0 Å². The molecule has 5 nitrogen and oxygen atoms in total. The first-order chi connectivity index (χ1) is 11.0. The van der Waals surface area contributed by atoms with Gasteiger partial charge in [-0.2, -0.15) is 0 Å². The van der Waals surface area contributed by atoms with Gasteiger partial charge in [-0.1, -0.05) is 24.3 Å². The van der Waals surface area contributed by atoms with E-state index in [1.165, 1.54) is 5.56 Å². The van der Waals surface area contributed by atoms with Crippen LogP contribution in [0.4, 0.5) is 0 Å². The number of benzene rings is 1. The minimum atomic E-state index is -0.913. The smallest absolute Gasteiger partial charge is 0.317 e. The third-order valence-electron chi connectivity index (χ3n) is 4.69. The van der Waals surface area contributed by atoms with Crippen molar-refractivity contribution in [1.29, 1.82) is 0 Å². The lowest BCUT2D eigenvalue weighted by Gasteiger charge is -2.37. The fraction of sp³-hybridized carbons (Fsp3) is 0.556. The van der Waals surface area contributed by atoms with Crippen LogP contribution in [-0.4, -0.2) is 52.6 Å². The number of carboxylic acid groups (broad SMARTS) is 1. The Bertz CT molecular complexity index is 558. The Morgan fingerprint density at radius 3 is 2.70 bits per heavy atom. The molecule has 126 valence electrons. The molecule has 1 heterocycles. The molecule has 2 rings (SSSR count). The molecule has 0 aliphatic carbocycles. The number of Topliss-reactive ketones (excluding diaryl/α,β-unsaturated/α-hetero) is 1. The van der Waals surface area contributed by atoms with E-state index in [9.17, 15) is 14.7 Å². The van der Waals surface area contributed by atoms with Gasteiger partial charge in [0.1, 0.15) is 5.78 Å². The number of likely N-dealkylation sites (tertiary alicyclic amines) is 1. The normalized spacial score (nSPS) is 22.0. The Balaban J connectivity index is 2.00. The maximum Gasteiger partial charge on any atom is 0.317 e. The predicted molar refractivity (Wildman–Crippen MR) is 87.3 cm³/mol. The van der Waals surface area contributed by atoms with Gasteiger partial charge in [-0.05, 0) is 49.8 Å². The molecule has 0 bridgehead atoms. The van der Waals surface area contributed by atoms with Gasteiger partial charge in [-0.25, -0.2) is 0 Å². The monoisotopic (exact) mass is 319 g/mol. The van der Waals surface area contributed by atoms with Gasteiger partial charge in [0, 0.05) is 13.0 Å². The zero-order chi connectivity index (χ0) is 16.8. The standard InChI is InChI=1S/C18H25NO4/c1-13-4-2-3-5-15(13)6-7-17(21)16-10-14(12-20)8-9-19(16)11-18(22)23/h2-5,14,16,20H,6-12H2,1H3,(H,22,23). The first-order valence-electron chi connectivity index (χ1n) is 8.15. The number of carbonyl (C=O) groups excluding carboxylic acids is 1. The van der Waals surface area contributed by atoms with E-state index in [1.54, 1.807) is 4.90 Å². The van der Waals surface area contributed by atoms with Gasteiger partial charge < -0.3 is 10.2 Å². The second-order valence-corrected chi connectivity index (χ2v) is 6.35. The van der Waals surface area contributed by atoms with Crippen LogP contribution in [0.1, 0.15) is 30.4 Å². The van der Waals surface area contributed by atoms with Crippen LogP contribution in [0.2, 0.25) is 0 Å². The molecule has 0 saturated carbocycles. The van der Waals surface area contributed by atoms with Crippen molar-refractivity contribution in [3.63, 3.8) is 0 Å². The van der Waals surface area contributed by atoms with Gasteiger partial charge in [-0.3, -0.25) is 14.5 Å². The van der Waals surface area contributed by atoms with Crippen molar-refractivity contribution < 1.29 is 19.8 Å². The minimum absolute atomic E-state index is 0.0580. The Kier molecular flexibility index (Phi) is 6.30. The summed E-state index contributed by atoms with van der Waals surface area (Å²) in [5.74, 6) is -0.746. The van der Waals surface area contributed by atoms with Crippen molar-refractivity contribution in [2.45, 2.75) is 38.6 Å². The Morgan fingerprint density at radius 2 is 2.04 bits per heavy atom. The molecule has 0 radical (unpaired) electrons. The van der Waals surface area contributed by atoms with Gasteiger partial charge in [0.25, 0.3) is 0 Å². The highest BCUT2D eigenvalue weighted by Gasteiger charge is 2.33. The molecular weight excluding hydrogens is 294 g/mol. The molecule has 1 aromatic rings. The number of hydrogen-bond acceptors (Lipinski definition) is 4. The number of hydrogen-bond donors (Lipinski definition) is 2. The molecule has 1 fully saturated rings. The molecule has 1 aromatic carbocycles. The fourth-order valence-corrected chi connectivity index (χ4v) is 3.27. The summed E-state index contributed by atoms with van der Waals surface area (Å²) in [5, 5.41) is 18.4. The van der Waals surface area contributed by atoms with Crippen LogP contribution < -0.4 is 0 Å². The molecular formula is C18H25NO4. The first kappa shape index (κ1) is 17.6. The third kappa shape index (κ3) is 4.88. The minimum Gasteiger partial charge on any atom is -0.480 e. The number of rotatable bonds is 7. The van der Waals surface area contributed by atoms with E-state index in [-0.39, 0.29) is 30.9 Å².